The third-order valence-corrected chi connectivity index (χ3v) is 9.48. The van der Waals surface area contributed by atoms with Crippen LogP contribution in [-0.4, -0.2) is 11.8 Å². The maximum Gasteiger partial charge on any atom is 0.220 e. The number of hydrogen-bond donors (Lipinski definition) is 2. The number of amides is 2. The molecule has 4 nitrogen and oxygen atoms in total. The molecule has 0 aliphatic carbocycles. The van der Waals surface area contributed by atoms with Gasteiger partial charge in [-0.05, 0) is 25.7 Å². The molecule has 0 radical (unpaired) electrons. The molecule has 0 saturated heterocycles. The van der Waals surface area contributed by atoms with E-state index in [1.807, 2.05) is 0 Å². The standard InChI is InChI=1S/C38H76N2O2/c1-3-5-7-9-11-13-15-17-19-21-23-25-27-29-31-35(37(39)41)33-34-36(38(40)42)32-30-28-26-24-22-20-18-16-14-12-10-8-6-4-2/h35-36H,3-34H2,1-2H3,(H2,39,41)(H2,40,42). The Bertz CT molecular complexity index is 529. The fourth-order valence-corrected chi connectivity index (χ4v) is 6.43. The van der Waals surface area contributed by atoms with Crippen LogP contribution in [0.25, 0.3) is 0 Å². The average Bonchev–Trinajstić information content (AvgIpc) is 2.97. The third-order valence-electron chi connectivity index (χ3n) is 9.48. The summed E-state index contributed by atoms with van der Waals surface area (Å²) in [6.07, 6.45) is 40.5. The molecule has 0 aromatic rings. The minimum absolute atomic E-state index is 0.111. The number of unbranched alkanes of at least 4 members (excludes halogenated alkanes) is 26. The molecule has 2 atom stereocenters. The number of nitrogens with two attached hydrogens (primary N) is 2. The fraction of sp³-hybridized carbons (Fsp3) is 0.947. The van der Waals surface area contributed by atoms with E-state index in [1.54, 1.807) is 0 Å². The van der Waals surface area contributed by atoms with Crippen LogP contribution in [0.1, 0.15) is 219 Å². The Labute approximate surface area is 263 Å². The van der Waals surface area contributed by atoms with Crippen molar-refractivity contribution in [1.82, 2.24) is 0 Å². The maximum atomic E-state index is 12.0. The van der Waals surface area contributed by atoms with Gasteiger partial charge in [0.25, 0.3) is 0 Å². The Hall–Kier alpha value is -1.06. The Morgan fingerprint density at radius 3 is 0.714 bits per heavy atom. The van der Waals surface area contributed by atoms with Crippen molar-refractivity contribution in [3.63, 3.8) is 0 Å². The fourth-order valence-electron chi connectivity index (χ4n) is 6.43. The van der Waals surface area contributed by atoms with E-state index >= 15 is 0 Å². The van der Waals surface area contributed by atoms with Crippen LogP contribution in [0.4, 0.5) is 0 Å². The van der Waals surface area contributed by atoms with Gasteiger partial charge in [-0.2, -0.15) is 0 Å². The summed E-state index contributed by atoms with van der Waals surface area (Å²) in [5.41, 5.74) is 11.5. The van der Waals surface area contributed by atoms with E-state index in [0.717, 1.165) is 25.7 Å². The zero-order valence-corrected chi connectivity index (χ0v) is 28.8. The second-order valence-electron chi connectivity index (χ2n) is 13.5. The minimum Gasteiger partial charge on any atom is -0.369 e. The quantitative estimate of drug-likeness (QED) is 0.0717. The van der Waals surface area contributed by atoms with Gasteiger partial charge in [-0.25, -0.2) is 0 Å². The molecule has 4 heteroatoms. The molecule has 0 aliphatic heterocycles. The summed E-state index contributed by atoms with van der Waals surface area (Å²) < 4.78 is 0. The van der Waals surface area contributed by atoms with Gasteiger partial charge in [0.15, 0.2) is 0 Å². The van der Waals surface area contributed by atoms with Gasteiger partial charge in [-0.1, -0.05) is 194 Å². The van der Waals surface area contributed by atoms with E-state index in [4.69, 9.17) is 11.5 Å². The normalized spacial score (nSPS) is 12.9. The van der Waals surface area contributed by atoms with Crippen LogP contribution >= 0.6 is 0 Å². The van der Waals surface area contributed by atoms with Crippen LogP contribution in [0.5, 0.6) is 0 Å². The minimum atomic E-state index is -0.204. The summed E-state index contributed by atoms with van der Waals surface area (Å²) in [5, 5.41) is 0. The van der Waals surface area contributed by atoms with Gasteiger partial charge in [0.2, 0.25) is 11.8 Å². The molecule has 2 unspecified atom stereocenters. The molecule has 0 aromatic heterocycles. The highest BCUT2D eigenvalue weighted by atomic mass is 16.1. The lowest BCUT2D eigenvalue weighted by Crippen LogP contribution is -2.27. The summed E-state index contributed by atoms with van der Waals surface area (Å²) in [5.74, 6) is -0.630. The van der Waals surface area contributed by atoms with Crippen molar-refractivity contribution in [3.05, 3.63) is 0 Å². The third kappa shape index (κ3) is 29.0. The highest BCUT2D eigenvalue weighted by Gasteiger charge is 2.20. The molecule has 0 spiro atoms. The second kappa shape index (κ2) is 32.8. The van der Waals surface area contributed by atoms with Gasteiger partial charge in [0.1, 0.15) is 0 Å². The first-order chi connectivity index (χ1) is 20.5. The first kappa shape index (κ1) is 40.9. The van der Waals surface area contributed by atoms with E-state index in [0.29, 0.717) is 12.8 Å². The van der Waals surface area contributed by atoms with Gasteiger partial charge in [-0.3, -0.25) is 9.59 Å². The maximum absolute atomic E-state index is 12.0. The topological polar surface area (TPSA) is 86.2 Å². The molecule has 0 aliphatic rings. The van der Waals surface area contributed by atoms with Crippen molar-refractivity contribution < 1.29 is 9.59 Å². The number of primary amides is 2. The first-order valence-corrected chi connectivity index (χ1v) is 19.1. The monoisotopic (exact) mass is 593 g/mol. The van der Waals surface area contributed by atoms with Gasteiger partial charge >= 0.3 is 0 Å². The zero-order chi connectivity index (χ0) is 30.9. The van der Waals surface area contributed by atoms with Gasteiger partial charge < -0.3 is 11.5 Å². The SMILES string of the molecule is CCCCCCCCCCCCCCCCC(CCC(CCCCCCCCCCCCCCCC)C(N)=O)C(N)=O. The van der Waals surface area contributed by atoms with Gasteiger partial charge in [0.05, 0.1) is 0 Å². The van der Waals surface area contributed by atoms with Crippen LogP contribution in [0.2, 0.25) is 0 Å². The summed E-state index contributed by atoms with van der Waals surface area (Å²) in [7, 11) is 0. The lowest BCUT2D eigenvalue weighted by Gasteiger charge is -2.17. The second-order valence-corrected chi connectivity index (χ2v) is 13.5. The van der Waals surface area contributed by atoms with Crippen molar-refractivity contribution in [2.75, 3.05) is 0 Å². The van der Waals surface area contributed by atoms with Crippen molar-refractivity contribution in [2.45, 2.75) is 219 Å². The molecular formula is C38H76N2O2. The Balaban J connectivity index is 3.76. The van der Waals surface area contributed by atoms with Crippen LogP contribution in [0.3, 0.4) is 0 Å². The molecule has 4 N–H and O–H groups in total. The summed E-state index contributed by atoms with van der Waals surface area (Å²) in [6, 6.07) is 0. The van der Waals surface area contributed by atoms with Crippen LogP contribution in [0, 0.1) is 11.8 Å². The number of rotatable bonds is 35. The van der Waals surface area contributed by atoms with E-state index < -0.39 is 0 Å². The largest absolute Gasteiger partial charge is 0.369 e. The zero-order valence-electron chi connectivity index (χ0n) is 28.8. The summed E-state index contributed by atoms with van der Waals surface area (Å²) in [6.45, 7) is 4.55. The molecule has 2 amide bonds. The molecule has 0 rings (SSSR count). The predicted molar refractivity (Wildman–Crippen MR) is 184 cm³/mol. The lowest BCUT2D eigenvalue weighted by molar-refractivity contribution is -0.124. The van der Waals surface area contributed by atoms with Crippen molar-refractivity contribution in [2.24, 2.45) is 23.3 Å². The predicted octanol–water partition coefficient (Wildman–Crippen LogP) is 11.7. The molecule has 250 valence electrons. The summed E-state index contributed by atoms with van der Waals surface area (Å²) >= 11 is 0. The highest BCUT2D eigenvalue weighted by molar-refractivity contribution is 5.78. The Kier molecular flexibility index (Phi) is 32.0. The van der Waals surface area contributed by atoms with Gasteiger partial charge in [0, 0.05) is 11.8 Å². The summed E-state index contributed by atoms with van der Waals surface area (Å²) in [4.78, 5) is 24.1. The number of hydrogen-bond acceptors (Lipinski definition) is 2. The van der Waals surface area contributed by atoms with Crippen molar-refractivity contribution in [3.8, 4) is 0 Å². The van der Waals surface area contributed by atoms with Crippen molar-refractivity contribution >= 4 is 11.8 Å². The lowest BCUT2D eigenvalue weighted by atomic mass is 9.88. The van der Waals surface area contributed by atoms with E-state index in [2.05, 4.69) is 13.8 Å². The molecular weight excluding hydrogens is 516 g/mol. The van der Waals surface area contributed by atoms with Crippen LogP contribution in [0.15, 0.2) is 0 Å². The Morgan fingerprint density at radius 2 is 0.524 bits per heavy atom. The van der Waals surface area contributed by atoms with Crippen molar-refractivity contribution in [1.29, 1.82) is 0 Å². The van der Waals surface area contributed by atoms with E-state index in [9.17, 15) is 9.59 Å². The van der Waals surface area contributed by atoms with Gasteiger partial charge in [-0.15, -0.1) is 0 Å². The Morgan fingerprint density at radius 1 is 0.333 bits per heavy atom. The smallest absolute Gasteiger partial charge is 0.220 e. The highest BCUT2D eigenvalue weighted by Crippen LogP contribution is 2.23. The average molecular weight is 593 g/mol. The molecule has 42 heavy (non-hydrogen) atoms. The van der Waals surface area contributed by atoms with E-state index in [1.165, 1.54) is 167 Å². The molecule has 0 bridgehead atoms. The number of carbonyl (C=O) groups is 2. The van der Waals surface area contributed by atoms with Crippen LogP contribution < -0.4 is 11.5 Å². The van der Waals surface area contributed by atoms with E-state index in [-0.39, 0.29) is 23.7 Å². The molecule has 0 aromatic carbocycles. The van der Waals surface area contributed by atoms with Crippen LogP contribution in [-0.2, 0) is 9.59 Å². The number of carbonyl (C=O) groups excluding carboxylic acids is 2. The molecule has 0 fully saturated rings. The first-order valence-electron chi connectivity index (χ1n) is 19.1. The molecule has 0 heterocycles. The molecule has 0 saturated carbocycles.